The zero-order chi connectivity index (χ0) is 21.0. The number of ether oxygens (including phenoxy) is 2. The smallest absolute Gasteiger partial charge is 0.189 e. The summed E-state index contributed by atoms with van der Waals surface area (Å²) in [6, 6.07) is 9.44. The maximum absolute atomic E-state index is 13.2. The van der Waals surface area contributed by atoms with Gasteiger partial charge in [-0.3, -0.25) is 9.48 Å². The molecule has 0 unspecified atom stereocenters. The molecule has 0 aliphatic rings. The third kappa shape index (κ3) is 4.84. The molecule has 1 aromatic heterocycles. The largest absolute Gasteiger partial charge is 0.496 e. The molecule has 0 bridgehead atoms. The van der Waals surface area contributed by atoms with Crippen LogP contribution < -0.4 is 9.47 Å². The van der Waals surface area contributed by atoms with E-state index in [4.69, 9.17) is 21.1 Å². The molecule has 3 aromatic rings. The number of carbonyl (C=O) groups excluding carboxylic acids is 1. The van der Waals surface area contributed by atoms with Crippen LogP contribution in [0.25, 0.3) is 6.08 Å². The Kier molecular flexibility index (Phi) is 6.34. The number of allylic oxidation sites excluding steroid dienone is 1. The highest BCUT2D eigenvalue weighted by atomic mass is 35.5. The van der Waals surface area contributed by atoms with Crippen LogP contribution in [0.15, 0.2) is 48.7 Å². The summed E-state index contributed by atoms with van der Waals surface area (Å²) in [4.78, 5) is 12.4. The van der Waals surface area contributed by atoms with Crippen LogP contribution >= 0.6 is 11.6 Å². The van der Waals surface area contributed by atoms with Crippen molar-refractivity contribution in [3.8, 4) is 11.5 Å². The number of aromatic nitrogens is 2. The van der Waals surface area contributed by atoms with Gasteiger partial charge in [-0.25, -0.2) is 4.39 Å². The van der Waals surface area contributed by atoms with E-state index in [0.29, 0.717) is 17.1 Å². The maximum atomic E-state index is 13.2. The van der Waals surface area contributed by atoms with Crippen molar-refractivity contribution < 1.29 is 18.7 Å². The van der Waals surface area contributed by atoms with Crippen LogP contribution in [0.2, 0.25) is 5.02 Å². The van der Waals surface area contributed by atoms with Crippen LogP contribution in [-0.4, -0.2) is 22.7 Å². The van der Waals surface area contributed by atoms with E-state index in [1.165, 1.54) is 24.3 Å². The molecule has 0 amide bonds. The number of methoxy groups -OCH3 is 1. The van der Waals surface area contributed by atoms with Crippen molar-refractivity contribution in [1.29, 1.82) is 0 Å². The Morgan fingerprint density at radius 3 is 2.66 bits per heavy atom. The van der Waals surface area contributed by atoms with Gasteiger partial charge in [-0.2, -0.15) is 5.10 Å². The highest BCUT2D eigenvalue weighted by Gasteiger charge is 2.11. The monoisotopic (exact) mass is 414 g/mol. The van der Waals surface area contributed by atoms with Gasteiger partial charge >= 0.3 is 0 Å². The zero-order valence-electron chi connectivity index (χ0n) is 16.3. The molecular formula is C22H20ClFN2O3. The Bertz CT molecular complexity index is 1080. The predicted molar refractivity (Wildman–Crippen MR) is 110 cm³/mol. The average Bonchev–Trinajstić information content (AvgIpc) is 3.04. The van der Waals surface area contributed by atoms with Crippen molar-refractivity contribution in [2.75, 3.05) is 7.11 Å². The standard InChI is InChI=1S/C22H20ClFN2O3/c1-14-18(12-25-26(14)2)20(27)7-4-15-5-8-21(28-3)16(10-15)13-29-22-9-6-17(24)11-19(22)23/h4-12H,13H2,1-3H3/b7-4+. The molecule has 29 heavy (non-hydrogen) atoms. The first-order valence-electron chi connectivity index (χ1n) is 8.85. The SMILES string of the molecule is COc1ccc(/C=C/C(=O)c2cnn(C)c2C)cc1COc1ccc(F)cc1Cl. The second-order valence-electron chi connectivity index (χ2n) is 6.40. The maximum Gasteiger partial charge on any atom is 0.189 e. The van der Waals surface area contributed by atoms with Gasteiger partial charge in [0, 0.05) is 18.3 Å². The number of benzene rings is 2. The summed E-state index contributed by atoms with van der Waals surface area (Å²) in [7, 11) is 3.35. The van der Waals surface area contributed by atoms with E-state index >= 15 is 0 Å². The van der Waals surface area contributed by atoms with E-state index in [0.717, 1.165) is 16.8 Å². The molecule has 7 heteroatoms. The van der Waals surface area contributed by atoms with Crippen LogP contribution in [0.4, 0.5) is 4.39 Å². The molecule has 5 nitrogen and oxygen atoms in total. The lowest BCUT2D eigenvalue weighted by Gasteiger charge is -2.12. The summed E-state index contributed by atoms with van der Waals surface area (Å²) in [5.41, 5.74) is 2.94. The second-order valence-corrected chi connectivity index (χ2v) is 6.81. The molecule has 1 heterocycles. The van der Waals surface area contributed by atoms with Gasteiger partial charge in [0.25, 0.3) is 0 Å². The lowest BCUT2D eigenvalue weighted by atomic mass is 10.1. The summed E-state index contributed by atoms with van der Waals surface area (Å²) in [5.74, 6) is 0.455. The minimum atomic E-state index is -0.430. The molecule has 0 radical (unpaired) electrons. The summed E-state index contributed by atoms with van der Waals surface area (Å²) in [6.45, 7) is 2.02. The highest BCUT2D eigenvalue weighted by Crippen LogP contribution is 2.28. The van der Waals surface area contributed by atoms with Gasteiger partial charge in [0.1, 0.15) is 23.9 Å². The fraction of sp³-hybridized carbons (Fsp3) is 0.182. The van der Waals surface area contributed by atoms with Crippen molar-refractivity contribution in [3.63, 3.8) is 0 Å². The van der Waals surface area contributed by atoms with Gasteiger partial charge in [-0.05, 0) is 48.9 Å². The van der Waals surface area contributed by atoms with Gasteiger partial charge in [-0.1, -0.05) is 23.7 Å². The fourth-order valence-electron chi connectivity index (χ4n) is 2.77. The molecule has 0 spiro atoms. The summed E-state index contributed by atoms with van der Waals surface area (Å²) < 4.78 is 25.9. The number of aryl methyl sites for hydroxylation is 1. The number of rotatable bonds is 7. The average molecular weight is 415 g/mol. The number of ketones is 1. The first-order chi connectivity index (χ1) is 13.9. The highest BCUT2D eigenvalue weighted by molar-refractivity contribution is 6.32. The van der Waals surface area contributed by atoms with Crippen LogP contribution in [0.5, 0.6) is 11.5 Å². The number of hydrogen-bond acceptors (Lipinski definition) is 4. The number of hydrogen-bond donors (Lipinski definition) is 0. The van der Waals surface area contributed by atoms with Gasteiger partial charge in [0.05, 0.1) is 23.9 Å². The minimum Gasteiger partial charge on any atom is -0.496 e. The van der Waals surface area contributed by atoms with E-state index in [1.807, 2.05) is 19.1 Å². The van der Waals surface area contributed by atoms with Crippen molar-refractivity contribution >= 4 is 23.5 Å². The molecule has 0 saturated carbocycles. The Morgan fingerprint density at radius 2 is 2.00 bits per heavy atom. The third-order valence-corrected chi connectivity index (χ3v) is 4.80. The van der Waals surface area contributed by atoms with E-state index < -0.39 is 5.82 Å². The molecule has 2 aromatic carbocycles. The van der Waals surface area contributed by atoms with Gasteiger partial charge < -0.3 is 9.47 Å². The first-order valence-corrected chi connectivity index (χ1v) is 9.22. The second kappa shape index (κ2) is 8.92. The lowest BCUT2D eigenvalue weighted by molar-refractivity contribution is 0.104. The summed E-state index contributed by atoms with van der Waals surface area (Å²) in [5, 5.41) is 4.28. The lowest BCUT2D eigenvalue weighted by Crippen LogP contribution is -2.00. The molecule has 0 saturated heterocycles. The Balaban J connectivity index is 1.77. The quantitative estimate of drug-likeness (QED) is 0.403. The van der Waals surface area contributed by atoms with E-state index in [-0.39, 0.29) is 17.4 Å². The third-order valence-electron chi connectivity index (χ3n) is 4.51. The van der Waals surface area contributed by atoms with E-state index in [9.17, 15) is 9.18 Å². The number of carbonyl (C=O) groups is 1. The first kappa shape index (κ1) is 20.6. The van der Waals surface area contributed by atoms with E-state index in [2.05, 4.69) is 5.10 Å². The summed E-state index contributed by atoms with van der Waals surface area (Å²) in [6.07, 6.45) is 4.79. The van der Waals surface area contributed by atoms with Crippen molar-refractivity contribution in [1.82, 2.24) is 9.78 Å². The molecule has 0 aliphatic carbocycles. The molecule has 150 valence electrons. The van der Waals surface area contributed by atoms with Crippen molar-refractivity contribution in [2.45, 2.75) is 13.5 Å². The minimum absolute atomic E-state index is 0.123. The zero-order valence-corrected chi connectivity index (χ0v) is 17.0. The van der Waals surface area contributed by atoms with Crippen LogP contribution in [0.3, 0.4) is 0 Å². The van der Waals surface area contributed by atoms with Gasteiger partial charge in [0.15, 0.2) is 5.78 Å². The molecule has 0 fully saturated rings. The van der Waals surface area contributed by atoms with Crippen LogP contribution in [0, 0.1) is 12.7 Å². The fourth-order valence-corrected chi connectivity index (χ4v) is 2.99. The van der Waals surface area contributed by atoms with Gasteiger partial charge in [-0.15, -0.1) is 0 Å². The number of halogens is 2. The van der Waals surface area contributed by atoms with E-state index in [1.54, 1.807) is 37.2 Å². The van der Waals surface area contributed by atoms with Crippen LogP contribution in [0.1, 0.15) is 27.2 Å². The topological polar surface area (TPSA) is 53.3 Å². The van der Waals surface area contributed by atoms with Gasteiger partial charge in [0.2, 0.25) is 0 Å². The summed E-state index contributed by atoms with van der Waals surface area (Å²) >= 11 is 6.01. The Morgan fingerprint density at radius 1 is 1.24 bits per heavy atom. The molecule has 3 rings (SSSR count). The Hall–Kier alpha value is -3.12. The molecule has 0 N–H and O–H groups in total. The Labute approximate surface area is 173 Å². The van der Waals surface area contributed by atoms with Crippen LogP contribution in [-0.2, 0) is 13.7 Å². The predicted octanol–water partition coefficient (Wildman–Crippen LogP) is 5.00. The number of nitrogens with zero attached hydrogens (tertiary/aromatic N) is 2. The molecule has 0 atom stereocenters. The molecular weight excluding hydrogens is 395 g/mol. The molecule has 0 aliphatic heterocycles. The van der Waals surface area contributed by atoms with Crippen molar-refractivity contribution in [3.05, 3.63) is 81.9 Å². The normalized spacial score (nSPS) is 11.1. The van der Waals surface area contributed by atoms with Crippen molar-refractivity contribution in [2.24, 2.45) is 7.05 Å².